The van der Waals surface area contributed by atoms with Crippen molar-refractivity contribution in [1.82, 2.24) is 9.88 Å². The molecule has 0 bridgehead atoms. The summed E-state index contributed by atoms with van der Waals surface area (Å²) in [6, 6.07) is 10.1. The molecule has 1 aliphatic heterocycles. The first-order valence-corrected chi connectivity index (χ1v) is 11.4. The van der Waals surface area contributed by atoms with Crippen LogP contribution in [0.4, 0.5) is 29.1 Å². The molecule has 2 heterocycles. The Morgan fingerprint density at radius 3 is 2.45 bits per heavy atom. The van der Waals surface area contributed by atoms with Crippen molar-refractivity contribution in [1.29, 1.82) is 0 Å². The van der Waals surface area contributed by atoms with Gasteiger partial charge in [0.25, 0.3) is 5.92 Å². The monoisotopic (exact) mass is 468 g/mol. The molecule has 0 aliphatic carbocycles. The number of aromatic nitrogens is 1. The molecule has 0 unspecified atom stereocenters. The number of nitrogens with zero attached hydrogens (tertiary/aromatic N) is 2. The zero-order valence-electron chi connectivity index (χ0n) is 16.4. The predicted octanol–water partition coefficient (Wildman–Crippen LogP) is 5.65. The molecule has 0 atom stereocenters. The normalized spacial score (nSPS) is 15.5. The van der Waals surface area contributed by atoms with E-state index >= 15 is 0 Å². The van der Waals surface area contributed by atoms with Crippen LogP contribution in [0.15, 0.2) is 52.2 Å². The average molecular weight is 469 g/mol. The van der Waals surface area contributed by atoms with Crippen molar-refractivity contribution in [2.24, 2.45) is 0 Å². The van der Waals surface area contributed by atoms with Crippen molar-refractivity contribution in [3.8, 4) is 0 Å². The Morgan fingerprint density at radius 2 is 1.81 bits per heavy atom. The summed E-state index contributed by atoms with van der Waals surface area (Å²) in [5.74, 6) is -3.39. The molecular weight excluding hydrogens is 448 g/mol. The summed E-state index contributed by atoms with van der Waals surface area (Å²) in [7, 11) is 0. The van der Waals surface area contributed by atoms with E-state index in [9.17, 15) is 17.6 Å². The molecule has 3 aromatic rings. The van der Waals surface area contributed by atoms with Crippen molar-refractivity contribution in [3.05, 3.63) is 70.1 Å². The molecule has 4 rings (SSSR count). The van der Waals surface area contributed by atoms with Gasteiger partial charge in [-0.3, -0.25) is 4.90 Å². The van der Waals surface area contributed by atoms with Gasteiger partial charge in [0, 0.05) is 24.2 Å². The lowest BCUT2D eigenvalue weighted by Crippen LogP contribution is -2.56. The molecule has 0 amide bonds. The maximum Gasteiger partial charge on any atom is 0.272 e. The second-order valence-corrected chi connectivity index (χ2v) is 8.82. The first-order chi connectivity index (χ1) is 14.9. The summed E-state index contributed by atoms with van der Waals surface area (Å²) in [5.41, 5.74) is 3.93. The van der Waals surface area contributed by atoms with Crippen LogP contribution in [0, 0.1) is 11.6 Å². The summed E-state index contributed by atoms with van der Waals surface area (Å²) in [5, 5.41) is 4.79. The van der Waals surface area contributed by atoms with Gasteiger partial charge >= 0.3 is 0 Å². The third-order valence-electron chi connectivity index (χ3n) is 4.90. The van der Waals surface area contributed by atoms with E-state index in [2.05, 4.69) is 15.0 Å². The van der Waals surface area contributed by atoms with Crippen LogP contribution < -0.4 is 10.0 Å². The van der Waals surface area contributed by atoms with E-state index in [1.165, 1.54) is 23.5 Å². The van der Waals surface area contributed by atoms with E-state index in [-0.39, 0.29) is 18.0 Å². The Morgan fingerprint density at radius 1 is 1.10 bits per heavy atom. The van der Waals surface area contributed by atoms with E-state index in [0.717, 1.165) is 23.1 Å². The molecule has 2 aromatic carbocycles. The molecular formula is C21H20F4N4S2. The van der Waals surface area contributed by atoms with Crippen LogP contribution in [-0.4, -0.2) is 35.4 Å². The predicted molar refractivity (Wildman–Crippen MR) is 117 cm³/mol. The smallest absolute Gasteiger partial charge is 0.272 e. The Hall–Kier alpha value is -2.30. The minimum Gasteiger partial charge on any atom is -0.381 e. The largest absolute Gasteiger partial charge is 0.381 e. The molecule has 0 spiro atoms. The molecule has 2 N–H and O–H groups in total. The van der Waals surface area contributed by atoms with Gasteiger partial charge in [0.1, 0.15) is 22.3 Å². The van der Waals surface area contributed by atoms with Crippen LogP contribution in [0.5, 0.6) is 0 Å². The number of thiazole rings is 1. The molecule has 10 heteroatoms. The second kappa shape index (κ2) is 9.46. The van der Waals surface area contributed by atoms with Crippen LogP contribution in [0.3, 0.4) is 0 Å². The van der Waals surface area contributed by atoms with Gasteiger partial charge in [0.2, 0.25) is 0 Å². The Balaban J connectivity index is 1.35. The van der Waals surface area contributed by atoms with Gasteiger partial charge in [-0.05, 0) is 41.6 Å². The Kier molecular flexibility index (Phi) is 6.68. The summed E-state index contributed by atoms with van der Waals surface area (Å²) in [6.45, 7) is 0.518. The number of hydrogen-bond acceptors (Lipinski definition) is 6. The minimum absolute atomic E-state index is 0.134. The van der Waals surface area contributed by atoms with Crippen LogP contribution in [-0.2, 0) is 13.0 Å². The number of alkyl halides is 2. The van der Waals surface area contributed by atoms with Crippen LogP contribution in [0.25, 0.3) is 0 Å². The summed E-state index contributed by atoms with van der Waals surface area (Å²) < 4.78 is 57.7. The number of rotatable bonds is 9. The number of benzene rings is 2. The van der Waals surface area contributed by atoms with Crippen molar-refractivity contribution in [3.63, 3.8) is 0 Å². The van der Waals surface area contributed by atoms with Crippen molar-refractivity contribution in [2.45, 2.75) is 23.8 Å². The lowest BCUT2D eigenvalue weighted by molar-refractivity contribution is -0.129. The standard InChI is InChI=1S/C21H20F4N4S2/c22-17-7-16(8-18(23)20(17)31-28-19-10-30-13-27-19)26-9-15-4-2-1-3-14(15)5-6-29-11-21(24,25)12-29/h1-4,7-8,10,13,26,28H,5-6,9,11-12H2. The number of nitrogens with one attached hydrogen (secondary N) is 2. The number of halogens is 4. The lowest BCUT2D eigenvalue weighted by atomic mass is 10.0. The zero-order chi connectivity index (χ0) is 21.8. The number of likely N-dealkylation sites (tertiary alicyclic amines) is 1. The average Bonchev–Trinajstić information content (AvgIpc) is 3.22. The summed E-state index contributed by atoms with van der Waals surface area (Å²) >= 11 is 2.21. The van der Waals surface area contributed by atoms with Crippen LogP contribution in [0.2, 0.25) is 0 Å². The number of anilines is 2. The summed E-state index contributed by atoms with van der Waals surface area (Å²) in [4.78, 5) is 5.59. The molecule has 164 valence electrons. The van der Waals surface area contributed by atoms with Gasteiger partial charge < -0.3 is 10.0 Å². The highest BCUT2D eigenvalue weighted by molar-refractivity contribution is 8.00. The molecule has 1 fully saturated rings. The summed E-state index contributed by atoms with van der Waals surface area (Å²) in [6.07, 6.45) is 0.633. The van der Waals surface area contributed by atoms with E-state index in [1.807, 2.05) is 24.3 Å². The number of hydrogen-bond donors (Lipinski definition) is 2. The fraction of sp³-hybridized carbons (Fsp3) is 0.286. The van der Waals surface area contributed by atoms with E-state index in [1.54, 1.807) is 15.8 Å². The first kappa shape index (κ1) is 21.9. The Bertz CT molecular complexity index is 999. The molecule has 0 saturated carbocycles. The van der Waals surface area contributed by atoms with Crippen molar-refractivity contribution >= 4 is 34.8 Å². The third-order valence-corrected chi connectivity index (χ3v) is 6.39. The Labute approximate surface area is 185 Å². The van der Waals surface area contributed by atoms with Gasteiger partial charge in [-0.25, -0.2) is 22.5 Å². The highest BCUT2D eigenvalue weighted by Gasteiger charge is 2.43. The topological polar surface area (TPSA) is 40.2 Å². The van der Waals surface area contributed by atoms with Gasteiger partial charge in [-0.1, -0.05) is 24.3 Å². The molecule has 1 aromatic heterocycles. The second-order valence-electron chi connectivity index (χ2n) is 7.29. The molecule has 31 heavy (non-hydrogen) atoms. The minimum atomic E-state index is -2.57. The maximum absolute atomic E-state index is 14.4. The van der Waals surface area contributed by atoms with Gasteiger partial charge in [0.15, 0.2) is 0 Å². The highest BCUT2D eigenvalue weighted by Crippen LogP contribution is 2.30. The third kappa shape index (κ3) is 5.69. The molecule has 4 nitrogen and oxygen atoms in total. The van der Waals surface area contributed by atoms with Gasteiger partial charge in [-0.15, -0.1) is 11.3 Å². The molecule has 1 saturated heterocycles. The first-order valence-electron chi connectivity index (χ1n) is 9.60. The zero-order valence-corrected chi connectivity index (χ0v) is 18.0. The van der Waals surface area contributed by atoms with Crippen molar-refractivity contribution < 1.29 is 17.6 Å². The maximum atomic E-state index is 14.4. The van der Waals surface area contributed by atoms with Crippen LogP contribution in [0.1, 0.15) is 11.1 Å². The SMILES string of the molecule is Fc1cc(NCc2ccccc2CCN2CC(F)(F)C2)cc(F)c1SNc1cscn1. The van der Waals surface area contributed by atoms with Gasteiger partial charge in [0.05, 0.1) is 18.6 Å². The fourth-order valence-corrected chi connectivity index (χ4v) is 4.53. The van der Waals surface area contributed by atoms with E-state index in [0.29, 0.717) is 31.0 Å². The lowest BCUT2D eigenvalue weighted by Gasteiger charge is -2.38. The van der Waals surface area contributed by atoms with Crippen molar-refractivity contribution in [2.75, 3.05) is 29.7 Å². The molecule has 0 radical (unpaired) electrons. The van der Waals surface area contributed by atoms with E-state index in [4.69, 9.17) is 0 Å². The molecule has 1 aliphatic rings. The fourth-order valence-electron chi connectivity index (χ4n) is 3.34. The van der Waals surface area contributed by atoms with Gasteiger partial charge in [-0.2, -0.15) is 0 Å². The quantitative estimate of drug-likeness (QED) is 0.314. The highest BCUT2D eigenvalue weighted by atomic mass is 32.2. The van der Waals surface area contributed by atoms with E-state index < -0.39 is 17.6 Å². The van der Waals surface area contributed by atoms with Crippen LogP contribution >= 0.6 is 23.3 Å².